The van der Waals surface area contributed by atoms with E-state index in [-0.39, 0.29) is 5.91 Å². The first-order valence-corrected chi connectivity index (χ1v) is 6.90. The molecular weight excluding hydrogens is 272 g/mol. The van der Waals surface area contributed by atoms with Gasteiger partial charge in [-0.2, -0.15) is 0 Å². The fourth-order valence-electron chi connectivity index (χ4n) is 2.36. The predicted molar refractivity (Wildman–Crippen MR) is 78.2 cm³/mol. The van der Waals surface area contributed by atoms with Gasteiger partial charge in [-0.1, -0.05) is 13.0 Å². The highest BCUT2D eigenvalue weighted by Gasteiger charge is 2.45. The summed E-state index contributed by atoms with van der Waals surface area (Å²) in [5.74, 6) is -0.906. The van der Waals surface area contributed by atoms with Crippen molar-refractivity contribution in [2.24, 2.45) is 5.73 Å². The van der Waals surface area contributed by atoms with Crippen LogP contribution in [0.3, 0.4) is 0 Å². The van der Waals surface area contributed by atoms with Gasteiger partial charge in [0.2, 0.25) is 0 Å². The van der Waals surface area contributed by atoms with Crippen LogP contribution in [-0.2, 0) is 16.1 Å². The van der Waals surface area contributed by atoms with E-state index in [9.17, 15) is 14.7 Å². The van der Waals surface area contributed by atoms with E-state index < -0.39 is 17.6 Å². The first kappa shape index (κ1) is 15.3. The number of amides is 1. The number of carboxylic acids is 1. The third kappa shape index (κ3) is 2.47. The molecule has 1 aromatic carbocycles. The van der Waals surface area contributed by atoms with Gasteiger partial charge in [-0.25, -0.2) is 4.79 Å². The van der Waals surface area contributed by atoms with Gasteiger partial charge in [0.25, 0.3) is 5.91 Å². The summed E-state index contributed by atoms with van der Waals surface area (Å²) in [5, 5.41) is 9.46. The van der Waals surface area contributed by atoms with Gasteiger partial charge in [0.1, 0.15) is 11.3 Å². The second-order valence-corrected chi connectivity index (χ2v) is 5.56. The lowest BCUT2D eigenvalue weighted by atomic mass is 9.97. The zero-order chi connectivity index (χ0) is 15.8. The van der Waals surface area contributed by atoms with Crippen molar-refractivity contribution in [3.8, 4) is 5.75 Å². The molecule has 1 atom stereocenters. The Labute approximate surface area is 123 Å². The highest BCUT2D eigenvalue weighted by molar-refractivity contribution is 6.06. The van der Waals surface area contributed by atoms with Crippen LogP contribution in [0, 0.1) is 0 Å². The second kappa shape index (κ2) is 5.37. The zero-order valence-electron chi connectivity index (χ0n) is 12.4. The van der Waals surface area contributed by atoms with Crippen LogP contribution in [0.15, 0.2) is 18.2 Å². The van der Waals surface area contributed by atoms with Gasteiger partial charge in [-0.05, 0) is 38.0 Å². The van der Waals surface area contributed by atoms with Crippen LogP contribution >= 0.6 is 0 Å². The van der Waals surface area contributed by atoms with E-state index in [1.54, 1.807) is 12.1 Å². The molecule has 0 aliphatic carbocycles. The molecule has 0 aromatic heterocycles. The van der Waals surface area contributed by atoms with Crippen LogP contribution in [0.4, 0.5) is 5.69 Å². The first-order valence-electron chi connectivity index (χ1n) is 6.90. The summed E-state index contributed by atoms with van der Waals surface area (Å²) in [6, 6.07) is 5.26. The minimum absolute atomic E-state index is 0.306. The third-order valence-electron chi connectivity index (χ3n) is 3.72. The van der Waals surface area contributed by atoms with Crippen molar-refractivity contribution in [1.29, 1.82) is 0 Å². The van der Waals surface area contributed by atoms with Crippen LogP contribution in [0.2, 0.25) is 0 Å². The zero-order valence-corrected chi connectivity index (χ0v) is 12.4. The van der Waals surface area contributed by atoms with Crippen molar-refractivity contribution in [3.63, 3.8) is 0 Å². The van der Waals surface area contributed by atoms with Crippen molar-refractivity contribution < 1.29 is 19.4 Å². The number of hydrogen-bond acceptors (Lipinski definition) is 4. The van der Waals surface area contributed by atoms with E-state index in [4.69, 9.17) is 10.5 Å². The van der Waals surface area contributed by atoms with Crippen LogP contribution in [0.1, 0.15) is 32.8 Å². The van der Waals surface area contributed by atoms with Gasteiger partial charge in [0.15, 0.2) is 6.10 Å². The van der Waals surface area contributed by atoms with Crippen molar-refractivity contribution in [2.75, 3.05) is 4.90 Å². The molecule has 3 N–H and O–H groups in total. The number of hydrogen-bond donors (Lipinski definition) is 2. The van der Waals surface area contributed by atoms with E-state index >= 15 is 0 Å². The second-order valence-electron chi connectivity index (χ2n) is 5.56. The summed E-state index contributed by atoms with van der Waals surface area (Å²) in [7, 11) is 0. The quantitative estimate of drug-likeness (QED) is 0.877. The normalized spacial score (nSPS) is 18.2. The molecule has 1 aliphatic rings. The van der Waals surface area contributed by atoms with E-state index in [2.05, 4.69) is 0 Å². The summed E-state index contributed by atoms with van der Waals surface area (Å²) < 4.78 is 5.67. The predicted octanol–water partition coefficient (Wildman–Crippen LogP) is 1.51. The maximum absolute atomic E-state index is 12.6. The van der Waals surface area contributed by atoms with Gasteiger partial charge in [-0.3, -0.25) is 9.69 Å². The number of anilines is 1. The van der Waals surface area contributed by atoms with Gasteiger partial charge in [-0.15, -0.1) is 0 Å². The van der Waals surface area contributed by atoms with Crippen LogP contribution in [0.5, 0.6) is 5.75 Å². The summed E-state index contributed by atoms with van der Waals surface area (Å²) in [6.07, 6.45) is -0.191. The average Bonchev–Trinajstić information content (AvgIpc) is 2.45. The lowest BCUT2D eigenvalue weighted by Crippen LogP contribution is -2.59. The molecule has 1 aromatic rings. The number of carbonyl (C=O) groups excluding carboxylic acids is 1. The van der Waals surface area contributed by atoms with Gasteiger partial charge < -0.3 is 15.6 Å². The monoisotopic (exact) mass is 292 g/mol. The molecule has 114 valence electrons. The number of carboxylic acid groups (broad SMARTS) is 1. The Morgan fingerprint density at radius 3 is 2.67 bits per heavy atom. The largest absolute Gasteiger partial charge is 0.480 e. The van der Waals surface area contributed by atoms with Crippen molar-refractivity contribution in [1.82, 2.24) is 0 Å². The molecule has 0 fully saturated rings. The number of aliphatic carboxylic acids is 1. The maximum Gasteiger partial charge on any atom is 0.329 e. The SMILES string of the molecule is CCC1Oc2ccc(CN)cc2N(C(C)(C)C(=O)O)C1=O. The number of fused-ring (bicyclic) bond motifs is 1. The number of nitrogens with zero attached hydrogens (tertiary/aromatic N) is 1. The summed E-state index contributed by atoms with van der Waals surface area (Å²) >= 11 is 0. The molecule has 0 radical (unpaired) electrons. The Hall–Kier alpha value is -2.08. The Morgan fingerprint density at radius 2 is 2.14 bits per heavy atom. The molecule has 0 saturated heterocycles. The molecule has 2 rings (SSSR count). The summed E-state index contributed by atoms with van der Waals surface area (Å²) in [6.45, 7) is 5.14. The molecule has 21 heavy (non-hydrogen) atoms. The van der Waals surface area contributed by atoms with Crippen LogP contribution in [0.25, 0.3) is 0 Å². The lowest BCUT2D eigenvalue weighted by Gasteiger charge is -2.41. The van der Waals surface area contributed by atoms with Crippen molar-refractivity contribution in [2.45, 2.75) is 45.4 Å². The van der Waals surface area contributed by atoms with Crippen molar-refractivity contribution in [3.05, 3.63) is 23.8 Å². The van der Waals surface area contributed by atoms with Gasteiger partial charge in [0.05, 0.1) is 5.69 Å². The average molecular weight is 292 g/mol. The lowest BCUT2D eigenvalue weighted by molar-refractivity contribution is -0.145. The van der Waals surface area contributed by atoms with Crippen molar-refractivity contribution >= 4 is 17.6 Å². The number of benzene rings is 1. The standard InChI is InChI=1S/C15H20N2O4/c1-4-11-13(18)17(15(2,3)14(19)20)10-7-9(8-16)5-6-12(10)21-11/h5-7,11H,4,8,16H2,1-3H3,(H,19,20). The molecule has 1 amide bonds. The highest BCUT2D eigenvalue weighted by atomic mass is 16.5. The summed E-state index contributed by atoms with van der Waals surface area (Å²) in [5.41, 5.74) is 5.53. The highest BCUT2D eigenvalue weighted by Crippen LogP contribution is 2.39. The molecule has 1 aliphatic heterocycles. The molecule has 6 heteroatoms. The Balaban J connectivity index is 2.61. The third-order valence-corrected chi connectivity index (χ3v) is 3.72. The minimum Gasteiger partial charge on any atom is -0.480 e. The molecule has 0 bridgehead atoms. The molecule has 0 saturated carbocycles. The van der Waals surface area contributed by atoms with Gasteiger partial charge in [0, 0.05) is 6.54 Å². The van der Waals surface area contributed by atoms with Gasteiger partial charge >= 0.3 is 5.97 Å². The molecule has 6 nitrogen and oxygen atoms in total. The number of carbonyl (C=O) groups is 2. The first-order chi connectivity index (χ1) is 9.82. The Bertz CT molecular complexity index is 583. The molecule has 1 unspecified atom stereocenters. The fraction of sp³-hybridized carbons (Fsp3) is 0.467. The maximum atomic E-state index is 12.6. The Morgan fingerprint density at radius 1 is 1.48 bits per heavy atom. The smallest absolute Gasteiger partial charge is 0.329 e. The minimum atomic E-state index is -1.36. The molecular formula is C15H20N2O4. The van der Waals surface area contributed by atoms with Crippen LogP contribution < -0.4 is 15.4 Å². The number of ether oxygens (including phenoxy) is 1. The van der Waals surface area contributed by atoms with E-state index in [0.717, 1.165) is 5.56 Å². The Kier molecular flexibility index (Phi) is 3.91. The van der Waals surface area contributed by atoms with E-state index in [0.29, 0.717) is 24.4 Å². The number of nitrogens with two attached hydrogens (primary N) is 1. The topological polar surface area (TPSA) is 92.9 Å². The molecule has 1 heterocycles. The summed E-state index contributed by atoms with van der Waals surface area (Å²) in [4.78, 5) is 25.4. The van der Waals surface area contributed by atoms with E-state index in [1.165, 1.54) is 18.7 Å². The molecule has 0 spiro atoms. The fourth-order valence-corrected chi connectivity index (χ4v) is 2.36. The van der Waals surface area contributed by atoms with E-state index in [1.807, 2.05) is 13.0 Å². The van der Waals surface area contributed by atoms with Crippen LogP contribution in [-0.4, -0.2) is 28.6 Å². The number of rotatable bonds is 4.